The minimum Gasteiger partial charge on any atom is -0.453 e. The van der Waals surface area contributed by atoms with Crippen molar-refractivity contribution in [1.29, 1.82) is 0 Å². The standard InChI is InChI=1S/C18H10F3NO5S/c19-18(20,21)12-3-1-2-10(6-12)14(23)9-27-17(24)16-8-11-7-13(22(25)26)4-5-15(11)28-16/h1-8H,9H2. The summed E-state index contributed by atoms with van der Waals surface area (Å²) in [4.78, 5) is 34.5. The molecule has 0 N–H and O–H groups in total. The Morgan fingerprint density at radius 2 is 1.86 bits per heavy atom. The number of nitro benzene ring substituents is 1. The second-order valence-corrected chi connectivity index (χ2v) is 6.75. The quantitative estimate of drug-likeness (QED) is 0.260. The summed E-state index contributed by atoms with van der Waals surface area (Å²) >= 11 is 1.02. The second kappa shape index (κ2) is 7.39. The predicted octanol–water partition coefficient (Wildman–Crippen LogP) is 4.87. The lowest BCUT2D eigenvalue weighted by atomic mass is 10.1. The number of hydrogen-bond acceptors (Lipinski definition) is 6. The molecule has 0 saturated carbocycles. The van der Waals surface area contributed by atoms with Crippen LogP contribution in [0.2, 0.25) is 0 Å². The Bertz CT molecular complexity index is 1090. The first-order valence-corrected chi connectivity index (χ1v) is 8.52. The van der Waals surface area contributed by atoms with Crippen LogP contribution >= 0.6 is 11.3 Å². The summed E-state index contributed by atoms with van der Waals surface area (Å²) in [5, 5.41) is 11.3. The van der Waals surface area contributed by atoms with Gasteiger partial charge in [0.15, 0.2) is 12.4 Å². The average molecular weight is 409 g/mol. The Hall–Kier alpha value is -3.27. The summed E-state index contributed by atoms with van der Waals surface area (Å²) in [5.74, 6) is -1.62. The van der Waals surface area contributed by atoms with Crippen molar-refractivity contribution >= 4 is 38.9 Å². The van der Waals surface area contributed by atoms with Crippen molar-refractivity contribution in [2.75, 3.05) is 6.61 Å². The van der Waals surface area contributed by atoms with Gasteiger partial charge in [0.05, 0.1) is 10.5 Å². The summed E-state index contributed by atoms with van der Waals surface area (Å²) < 4.78 is 43.6. The van der Waals surface area contributed by atoms with E-state index in [1.54, 1.807) is 0 Å². The van der Waals surface area contributed by atoms with Crippen molar-refractivity contribution in [3.63, 3.8) is 0 Å². The van der Waals surface area contributed by atoms with Gasteiger partial charge in [-0.25, -0.2) is 4.79 Å². The molecule has 0 aliphatic heterocycles. The molecular weight excluding hydrogens is 399 g/mol. The van der Waals surface area contributed by atoms with E-state index in [-0.39, 0.29) is 16.1 Å². The van der Waals surface area contributed by atoms with Gasteiger partial charge >= 0.3 is 12.1 Å². The van der Waals surface area contributed by atoms with E-state index in [9.17, 15) is 32.9 Å². The van der Waals surface area contributed by atoms with Crippen LogP contribution < -0.4 is 0 Å². The van der Waals surface area contributed by atoms with Crippen LogP contribution in [0.5, 0.6) is 0 Å². The van der Waals surface area contributed by atoms with Gasteiger partial charge in [0, 0.05) is 27.8 Å². The van der Waals surface area contributed by atoms with Gasteiger partial charge in [-0.1, -0.05) is 12.1 Å². The number of carbonyl (C=O) groups is 2. The number of fused-ring (bicyclic) bond motifs is 1. The first kappa shape index (κ1) is 19.5. The maximum absolute atomic E-state index is 12.7. The monoisotopic (exact) mass is 409 g/mol. The molecule has 1 aromatic heterocycles. The minimum absolute atomic E-state index is 0.118. The zero-order valence-corrected chi connectivity index (χ0v) is 14.7. The zero-order valence-electron chi connectivity index (χ0n) is 13.9. The molecule has 0 saturated heterocycles. The number of thiophene rings is 1. The van der Waals surface area contributed by atoms with E-state index >= 15 is 0 Å². The molecule has 0 unspecified atom stereocenters. The summed E-state index contributed by atoms with van der Waals surface area (Å²) in [7, 11) is 0. The van der Waals surface area contributed by atoms with E-state index in [1.807, 2.05) is 0 Å². The molecule has 0 bridgehead atoms. The normalized spacial score (nSPS) is 11.4. The lowest BCUT2D eigenvalue weighted by molar-refractivity contribution is -0.384. The molecule has 3 aromatic rings. The molecule has 0 atom stereocenters. The van der Waals surface area contributed by atoms with Crippen molar-refractivity contribution in [1.82, 2.24) is 0 Å². The number of halogens is 3. The molecule has 2 aromatic carbocycles. The van der Waals surface area contributed by atoms with Gasteiger partial charge in [0.25, 0.3) is 5.69 Å². The topological polar surface area (TPSA) is 86.5 Å². The lowest BCUT2D eigenvalue weighted by Gasteiger charge is -2.08. The third-order valence-electron chi connectivity index (χ3n) is 3.76. The number of benzene rings is 2. The fourth-order valence-corrected chi connectivity index (χ4v) is 3.34. The second-order valence-electron chi connectivity index (χ2n) is 5.67. The molecule has 6 nitrogen and oxygen atoms in total. The average Bonchev–Trinajstić information content (AvgIpc) is 3.08. The SMILES string of the molecule is O=C(COC(=O)c1cc2cc([N+](=O)[O-])ccc2s1)c1cccc(C(F)(F)F)c1. The van der Waals surface area contributed by atoms with Crippen LogP contribution in [0, 0.1) is 10.1 Å². The zero-order chi connectivity index (χ0) is 20.5. The van der Waals surface area contributed by atoms with Crippen LogP contribution in [0.25, 0.3) is 10.1 Å². The van der Waals surface area contributed by atoms with Crippen molar-refractivity contribution in [3.8, 4) is 0 Å². The van der Waals surface area contributed by atoms with E-state index in [0.29, 0.717) is 16.2 Å². The van der Waals surface area contributed by atoms with E-state index in [0.717, 1.165) is 23.5 Å². The van der Waals surface area contributed by atoms with Crippen LogP contribution in [0.1, 0.15) is 25.6 Å². The molecule has 28 heavy (non-hydrogen) atoms. The van der Waals surface area contributed by atoms with Gasteiger partial charge in [-0.15, -0.1) is 11.3 Å². The maximum Gasteiger partial charge on any atom is 0.416 e. The molecule has 0 amide bonds. The first-order valence-electron chi connectivity index (χ1n) is 7.71. The van der Waals surface area contributed by atoms with Gasteiger partial charge < -0.3 is 4.74 Å². The van der Waals surface area contributed by atoms with E-state index in [4.69, 9.17) is 4.74 Å². The molecule has 0 radical (unpaired) electrons. The van der Waals surface area contributed by atoms with Crippen LogP contribution in [0.4, 0.5) is 18.9 Å². The molecule has 1 heterocycles. The Morgan fingerprint density at radius 3 is 2.54 bits per heavy atom. The number of nitrogens with zero attached hydrogens (tertiary/aromatic N) is 1. The van der Waals surface area contributed by atoms with Gasteiger partial charge in [-0.05, 0) is 24.3 Å². The van der Waals surface area contributed by atoms with E-state index in [2.05, 4.69) is 0 Å². The molecule has 10 heteroatoms. The molecule has 0 aliphatic carbocycles. The van der Waals surface area contributed by atoms with Gasteiger partial charge in [0.2, 0.25) is 0 Å². The van der Waals surface area contributed by atoms with Crippen molar-refractivity contribution in [3.05, 3.63) is 74.6 Å². The smallest absolute Gasteiger partial charge is 0.416 e. The highest BCUT2D eigenvalue weighted by Gasteiger charge is 2.31. The Morgan fingerprint density at radius 1 is 1.11 bits per heavy atom. The highest BCUT2D eigenvalue weighted by atomic mass is 32.1. The lowest BCUT2D eigenvalue weighted by Crippen LogP contribution is -2.14. The fourth-order valence-electron chi connectivity index (χ4n) is 2.40. The molecule has 3 rings (SSSR count). The summed E-state index contributed by atoms with van der Waals surface area (Å²) in [5.41, 5.74) is -1.34. The Kier molecular flexibility index (Phi) is 5.14. The molecule has 0 fully saturated rings. The van der Waals surface area contributed by atoms with Gasteiger partial charge in [0.1, 0.15) is 4.88 Å². The van der Waals surface area contributed by atoms with Crippen LogP contribution in [0.15, 0.2) is 48.5 Å². The number of non-ortho nitro benzene ring substituents is 1. The molecular formula is C18H10F3NO5S. The van der Waals surface area contributed by atoms with Crippen molar-refractivity contribution < 1.29 is 32.4 Å². The molecule has 0 aliphatic rings. The minimum atomic E-state index is -4.59. The summed E-state index contributed by atoms with van der Waals surface area (Å²) in [6.45, 7) is -0.728. The van der Waals surface area contributed by atoms with Crippen LogP contribution in [-0.2, 0) is 10.9 Å². The van der Waals surface area contributed by atoms with E-state index in [1.165, 1.54) is 30.3 Å². The number of alkyl halides is 3. The highest BCUT2D eigenvalue weighted by molar-refractivity contribution is 7.20. The van der Waals surface area contributed by atoms with Crippen molar-refractivity contribution in [2.45, 2.75) is 6.18 Å². The number of ether oxygens (including phenoxy) is 1. The number of nitro groups is 1. The van der Waals surface area contributed by atoms with Crippen molar-refractivity contribution in [2.24, 2.45) is 0 Å². The number of esters is 1. The maximum atomic E-state index is 12.7. The van der Waals surface area contributed by atoms with Gasteiger partial charge in [-0.3, -0.25) is 14.9 Å². The number of Topliss-reactive ketones (excluding diaryl/α,β-unsaturated/α-hetero) is 1. The first-order chi connectivity index (χ1) is 13.1. The third kappa shape index (κ3) is 4.17. The molecule has 144 valence electrons. The number of ketones is 1. The Labute approximate surface area is 159 Å². The largest absolute Gasteiger partial charge is 0.453 e. The highest BCUT2D eigenvalue weighted by Crippen LogP contribution is 2.30. The van der Waals surface area contributed by atoms with Crippen LogP contribution in [-0.4, -0.2) is 23.3 Å². The Balaban J connectivity index is 1.71. The predicted molar refractivity (Wildman–Crippen MR) is 94.5 cm³/mol. The number of rotatable bonds is 5. The third-order valence-corrected chi connectivity index (χ3v) is 4.85. The number of carbonyl (C=O) groups excluding carboxylic acids is 2. The fraction of sp³-hybridized carbons (Fsp3) is 0.111. The summed E-state index contributed by atoms with van der Waals surface area (Å²) in [6.07, 6.45) is -4.59. The van der Waals surface area contributed by atoms with E-state index < -0.39 is 35.0 Å². The summed E-state index contributed by atoms with van der Waals surface area (Å²) in [6, 6.07) is 9.29. The number of hydrogen-bond donors (Lipinski definition) is 0. The van der Waals surface area contributed by atoms with Gasteiger partial charge in [-0.2, -0.15) is 13.2 Å². The van der Waals surface area contributed by atoms with Crippen LogP contribution in [0.3, 0.4) is 0 Å². The molecule has 0 spiro atoms.